The minimum Gasteiger partial charge on any atom is -0.380 e. The van der Waals surface area contributed by atoms with E-state index in [2.05, 4.69) is 6.92 Å². The summed E-state index contributed by atoms with van der Waals surface area (Å²) >= 11 is 0. The molecule has 0 saturated carbocycles. The molecule has 1 nitrogen and oxygen atoms in total. The Morgan fingerprint density at radius 3 is 2.53 bits per heavy atom. The van der Waals surface area contributed by atoms with Crippen LogP contribution in [0.25, 0.3) is 0 Å². The highest BCUT2D eigenvalue weighted by molar-refractivity contribution is 6.14. The number of rotatable bonds is 7. The summed E-state index contributed by atoms with van der Waals surface area (Å²) < 4.78 is 5.95. The number of hydrogen-bond acceptors (Lipinski definition) is 1. The molecule has 1 atom stereocenters. The summed E-state index contributed by atoms with van der Waals surface area (Å²) in [6.45, 7) is 3.31. The normalized spacial score (nSPS) is 27.0. The van der Waals surface area contributed by atoms with E-state index in [9.17, 15) is 0 Å². The lowest BCUT2D eigenvalue weighted by molar-refractivity contribution is -0.0240. The van der Waals surface area contributed by atoms with Gasteiger partial charge in [0, 0.05) is 22.1 Å². The fourth-order valence-electron chi connectivity index (χ4n) is 2.47. The van der Waals surface area contributed by atoms with Gasteiger partial charge in [-0.1, -0.05) is 45.4 Å². The van der Waals surface area contributed by atoms with Crippen molar-refractivity contribution in [3.63, 3.8) is 0 Å². The minimum atomic E-state index is 0. The predicted octanol–water partition coefficient (Wildman–Crippen LogP) is 3.11. The van der Waals surface area contributed by atoms with Crippen LogP contribution in [0.5, 0.6) is 0 Å². The van der Waals surface area contributed by atoms with Crippen molar-refractivity contribution in [3.05, 3.63) is 0 Å². The minimum absolute atomic E-state index is 0. The fraction of sp³-hybridized carbons (Fsp3) is 1.00. The molecule has 0 N–H and O–H groups in total. The van der Waals surface area contributed by atoms with Crippen LogP contribution in [0.15, 0.2) is 0 Å². The fourth-order valence-corrected chi connectivity index (χ4v) is 3.38. The first-order chi connectivity index (χ1) is 7.27. The second-order valence-electron chi connectivity index (χ2n) is 5.27. The highest BCUT2D eigenvalue weighted by Gasteiger charge is 2.26. The van der Waals surface area contributed by atoms with Crippen LogP contribution in [0, 0.1) is 0 Å². The summed E-state index contributed by atoms with van der Waals surface area (Å²) in [6.07, 6.45) is 13.8. The quantitative estimate of drug-likeness (QED) is 0.481. The Labute approximate surface area is 99.9 Å². The SMILES string of the molecule is CCCCCCCCC1([SiH3])CCCCO1.[H+]. The third kappa shape index (κ3) is 5.72. The van der Waals surface area contributed by atoms with Crippen LogP contribution in [0.1, 0.15) is 72.6 Å². The average Bonchev–Trinajstić information content (AvgIpc) is 2.24. The van der Waals surface area contributed by atoms with Crippen molar-refractivity contribution in [2.75, 3.05) is 6.61 Å². The molecule has 1 fully saturated rings. The molecule has 1 unspecified atom stereocenters. The summed E-state index contributed by atoms with van der Waals surface area (Å²) in [5.41, 5.74) is 0. The van der Waals surface area contributed by atoms with Gasteiger partial charge in [0.25, 0.3) is 0 Å². The molecule has 15 heavy (non-hydrogen) atoms. The lowest BCUT2D eigenvalue weighted by Gasteiger charge is -2.34. The third-order valence-electron chi connectivity index (χ3n) is 3.61. The van der Waals surface area contributed by atoms with Crippen LogP contribution in [0.3, 0.4) is 0 Å². The zero-order valence-electron chi connectivity index (χ0n) is 11.7. The van der Waals surface area contributed by atoms with E-state index < -0.39 is 0 Å². The van der Waals surface area contributed by atoms with Gasteiger partial charge in [0.15, 0.2) is 0 Å². The van der Waals surface area contributed by atoms with Crippen LogP contribution in [-0.4, -0.2) is 22.1 Å². The number of ether oxygens (including phenoxy) is 1. The molecule has 0 aliphatic carbocycles. The Morgan fingerprint density at radius 1 is 1.13 bits per heavy atom. The van der Waals surface area contributed by atoms with Crippen LogP contribution in [0.4, 0.5) is 0 Å². The second kappa shape index (κ2) is 7.45. The van der Waals surface area contributed by atoms with E-state index in [-0.39, 0.29) is 1.43 Å². The van der Waals surface area contributed by atoms with Gasteiger partial charge in [-0.05, 0) is 25.7 Å². The van der Waals surface area contributed by atoms with Gasteiger partial charge in [-0.2, -0.15) is 0 Å². The summed E-state index contributed by atoms with van der Waals surface area (Å²) in [5, 5.41) is 0.364. The molecule has 1 aliphatic rings. The van der Waals surface area contributed by atoms with Crippen molar-refractivity contribution in [3.8, 4) is 0 Å². The molecular weight excluding hydrogens is 200 g/mol. The summed E-state index contributed by atoms with van der Waals surface area (Å²) in [4.78, 5) is 0. The van der Waals surface area contributed by atoms with Gasteiger partial charge in [0.05, 0.1) is 0 Å². The van der Waals surface area contributed by atoms with Crippen molar-refractivity contribution in [1.82, 2.24) is 0 Å². The molecule has 0 spiro atoms. The van der Waals surface area contributed by atoms with Gasteiger partial charge in [-0.25, -0.2) is 0 Å². The molecule has 1 saturated heterocycles. The summed E-state index contributed by atoms with van der Waals surface area (Å²) in [5.74, 6) is 0. The van der Waals surface area contributed by atoms with Gasteiger partial charge >= 0.3 is 1.43 Å². The monoisotopic (exact) mass is 229 g/mol. The number of hydrogen-bond donors (Lipinski definition) is 0. The lowest BCUT2D eigenvalue weighted by atomic mass is 10.0. The van der Waals surface area contributed by atoms with Gasteiger partial charge in [-0.3, -0.25) is 0 Å². The maximum Gasteiger partial charge on any atom is 1.00 e. The molecule has 1 heterocycles. The summed E-state index contributed by atoms with van der Waals surface area (Å²) in [6, 6.07) is 0. The topological polar surface area (TPSA) is 9.23 Å². The molecule has 1 aliphatic heterocycles. The first kappa shape index (κ1) is 13.2. The maximum atomic E-state index is 5.95. The van der Waals surface area contributed by atoms with Crippen LogP contribution < -0.4 is 0 Å². The van der Waals surface area contributed by atoms with E-state index in [0.717, 1.165) is 6.61 Å². The predicted molar refractivity (Wildman–Crippen MR) is 71.6 cm³/mol. The first-order valence-corrected chi connectivity index (χ1v) is 7.91. The van der Waals surface area contributed by atoms with Gasteiger partial charge in [0.1, 0.15) is 0 Å². The molecular formula is C13H29OSi+. The van der Waals surface area contributed by atoms with E-state index in [1.165, 1.54) is 74.5 Å². The molecule has 1 rings (SSSR count). The molecule has 0 aromatic carbocycles. The second-order valence-corrected chi connectivity index (χ2v) is 7.10. The van der Waals surface area contributed by atoms with Crippen molar-refractivity contribution in [2.24, 2.45) is 0 Å². The standard InChI is InChI=1S/C13H28OSi/c1-2-3-4-5-6-7-10-13(15)11-8-9-12-14-13/h2-12H2,1,15H3/p+1. The molecule has 0 aromatic heterocycles. The summed E-state index contributed by atoms with van der Waals surface area (Å²) in [7, 11) is 1.23. The third-order valence-corrected chi connectivity index (χ3v) is 4.90. The van der Waals surface area contributed by atoms with Crippen LogP contribution >= 0.6 is 0 Å². The Bertz CT molecular complexity index is 158. The average molecular weight is 229 g/mol. The Morgan fingerprint density at radius 2 is 1.87 bits per heavy atom. The molecule has 90 valence electrons. The van der Waals surface area contributed by atoms with Gasteiger partial charge in [0.2, 0.25) is 0 Å². The smallest absolute Gasteiger partial charge is 0.380 e. The highest BCUT2D eigenvalue weighted by Crippen LogP contribution is 2.27. The van der Waals surface area contributed by atoms with Crippen LogP contribution in [-0.2, 0) is 4.74 Å². The Hall–Kier alpha value is 0.177. The van der Waals surface area contributed by atoms with Crippen molar-refractivity contribution >= 4 is 10.2 Å². The largest absolute Gasteiger partial charge is 1.00 e. The zero-order valence-corrected chi connectivity index (χ0v) is 12.7. The zero-order chi connectivity index (χ0) is 11.0. The highest BCUT2D eigenvalue weighted by atomic mass is 28.1. The molecule has 0 aromatic rings. The maximum absolute atomic E-state index is 5.95. The van der Waals surface area contributed by atoms with Crippen molar-refractivity contribution in [1.29, 1.82) is 0 Å². The molecule has 0 amide bonds. The van der Waals surface area contributed by atoms with E-state index in [1.54, 1.807) is 0 Å². The first-order valence-electron chi connectivity index (χ1n) is 6.91. The van der Waals surface area contributed by atoms with Crippen molar-refractivity contribution < 1.29 is 6.16 Å². The van der Waals surface area contributed by atoms with Gasteiger partial charge < -0.3 is 4.74 Å². The lowest BCUT2D eigenvalue weighted by Crippen LogP contribution is -2.36. The Kier molecular flexibility index (Phi) is 6.58. The van der Waals surface area contributed by atoms with E-state index in [4.69, 9.17) is 4.74 Å². The van der Waals surface area contributed by atoms with Gasteiger partial charge in [-0.15, -0.1) is 0 Å². The molecule has 2 heteroatoms. The van der Waals surface area contributed by atoms with E-state index >= 15 is 0 Å². The van der Waals surface area contributed by atoms with Crippen LogP contribution in [0.2, 0.25) is 0 Å². The molecule has 0 bridgehead atoms. The molecule has 0 radical (unpaired) electrons. The van der Waals surface area contributed by atoms with E-state index in [1.807, 2.05) is 0 Å². The van der Waals surface area contributed by atoms with Crippen molar-refractivity contribution in [2.45, 2.75) is 76.4 Å². The Balaban J connectivity index is 0.00000225. The van der Waals surface area contributed by atoms with E-state index in [0.29, 0.717) is 5.22 Å². The number of unbranched alkanes of at least 4 members (excludes halogenated alkanes) is 5.